The van der Waals surface area contributed by atoms with E-state index < -0.39 is 5.97 Å². The van der Waals surface area contributed by atoms with Gasteiger partial charge >= 0.3 is 5.97 Å². The van der Waals surface area contributed by atoms with Gasteiger partial charge in [0.05, 0.1) is 12.2 Å². The molecule has 2 aromatic heterocycles. The molecule has 0 atom stereocenters. The third kappa shape index (κ3) is 3.52. The zero-order valence-corrected chi connectivity index (χ0v) is 13.2. The van der Waals surface area contributed by atoms with E-state index in [1.807, 2.05) is 24.7 Å². The van der Waals surface area contributed by atoms with E-state index in [2.05, 4.69) is 28.4 Å². The van der Waals surface area contributed by atoms with Gasteiger partial charge in [0, 0.05) is 30.1 Å². The molecule has 0 saturated heterocycles. The van der Waals surface area contributed by atoms with E-state index in [0.29, 0.717) is 0 Å². The van der Waals surface area contributed by atoms with E-state index in [-0.39, 0.29) is 0 Å². The van der Waals surface area contributed by atoms with Gasteiger partial charge in [-0.25, -0.2) is 4.79 Å². The molecule has 0 aliphatic carbocycles. The van der Waals surface area contributed by atoms with Crippen LogP contribution in [0.4, 0.5) is 5.82 Å². The number of anilines is 1. The Labute approximate surface area is 128 Å². The van der Waals surface area contributed by atoms with Gasteiger partial charge < -0.3 is 10.0 Å². The van der Waals surface area contributed by atoms with Crippen molar-refractivity contribution in [3.05, 3.63) is 39.7 Å². The Kier molecular flexibility index (Phi) is 4.80. The van der Waals surface area contributed by atoms with Crippen molar-refractivity contribution in [1.29, 1.82) is 0 Å². The quantitative estimate of drug-likeness (QED) is 0.834. The maximum Gasteiger partial charge on any atom is 0.328 e. The molecule has 0 spiro atoms. The number of thiophene rings is 1. The van der Waals surface area contributed by atoms with Gasteiger partial charge in [-0.1, -0.05) is 6.07 Å². The highest BCUT2D eigenvalue weighted by atomic mass is 32.1. The normalized spacial score (nSPS) is 11.2. The molecule has 2 rings (SSSR count). The maximum atomic E-state index is 10.8. The van der Waals surface area contributed by atoms with Gasteiger partial charge in [0.15, 0.2) is 0 Å². The van der Waals surface area contributed by atoms with Crippen molar-refractivity contribution in [1.82, 2.24) is 9.78 Å². The predicted molar refractivity (Wildman–Crippen MR) is 85.7 cm³/mol. The number of nitrogens with zero attached hydrogens (tertiary/aromatic N) is 3. The highest BCUT2D eigenvalue weighted by Crippen LogP contribution is 2.26. The van der Waals surface area contributed by atoms with Crippen LogP contribution >= 0.6 is 11.3 Å². The van der Waals surface area contributed by atoms with Gasteiger partial charge in [0.1, 0.15) is 5.82 Å². The molecule has 1 N–H and O–H groups in total. The summed E-state index contributed by atoms with van der Waals surface area (Å²) in [5.74, 6) is -0.00796. The minimum atomic E-state index is -0.953. The van der Waals surface area contributed by atoms with E-state index in [1.165, 1.54) is 4.88 Å². The first-order valence-corrected chi connectivity index (χ1v) is 7.62. The summed E-state index contributed by atoms with van der Waals surface area (Å²) in [6.07, 6.45) is 2.78. The second-order valence-corrected chi connectivity index (χ2v) is 5.74. The van der Waals surface area contributed by atoms with Gasteiger partial charge in [-0.2, -0.15) is 5.10 Å². The van der Waals surface area contributed by atoms with Crippen LogP contribution in [-0.2, 0) is 18.4 Å². The van der Waals surface area contributed by atoms with Gasteiger partial charge in [0.2, 0.25) is 0 Å². The molecule has 2 heterocycles. The summed E-state index contributed by atoms with van der Waals surface area (Å²) >= 11 is 1.71. The molecule has 0 aliphatic rings. The van der Waals surface area contributed by atoms with Crippen molar-refractivity contribution in [3.8, 4) is 0 Å². The van der Waals surface area contributed by atoms with Crippen LogP contribution in [0.15, 0.2) is 23.6 Å². The average Bonchev–Trinajstić information content (AvgIpc) is 3.02. The second-order valence-electron chi connectivity index (χ2n) is 4.71. The molecular formula is C15H19N3O2S. The van der Waals surface area contributed by atoms with Crippen LogP contribution in [0, 0.1) is 6.92 Å². The van der Waals surface area contributed by atoms with Crippen LogP contribution in [0.3, 0.4) is 0 Å². The van der Waals surface area contributed by atoms with Crippen LogP contribution in [0.25, 0.3) is 6.08 Å². The van der Waals surface area contributed by atoms with Crippen LogP contribution in [0.1, 0.15) is 23.1 Å². The standard InChI is InChI=1S/C15H19N3O2S/c1-4-18(10-12-6-5-9-21-12)15-13(7-8-14(19)20)11(2)16-17(15)3/h5-9H,4,10H2,1-3H3,(H,19,20). The number of aryl methyl sites for hydroxylation is 2. The third-order valence-electron chi connectivity index (χ3n) is 3.24. The summed E-state index contributed by atoms with van der Waals surface area (Å²) in [6.45, 7) is 5.59. The molecule has 0 bridgehead atoms. The van der Waals surface area contributed by atoms with E-state index in [1.54, 1.807) is 17.4 Å². The molecule has 2 aromatic rings. The summed E-state index contributed by atoms with van der Waals surface area (Å²) in [5, 5.41) is 15.3. The Bertz CT molecular complexity index is 644. The van der Waals surface area contributed by atoms with Crippen molar-refractivity contribution >= 4 is 29.2 Å². The van der Waals surface area contributed by atoms with Gasteiger partial charge in [-0.3, -0.25) is 4.68 Å². The summed E-state index contributed by atoms with van der Waals surface area (Å²) in [5.41, 5.74) is 1.69. The number of aliphatic carboxylic acids is 1. The lowest BCUT2D eigenvalue weighted by molar-refractivity contribution is -0.131. The molecule has 0 aliphatic heterocycles. The van der Waals surface area contributed by atoms with Crippen molar-refractivity contribution in [2.75, 3.05) is 11.4 Å². The van der Waals surface area contributed by atoms with Crippen LogP contribution in [0.2, 0.25) is 0 Å². The lowest BCUT2D eigenvalue weighted by Crippen LogP contribution is -2.24. The zero-order chi connectivity index (χ0) is 15.4. The average molecular weight is 305 g/mol. The minimum Gasteiger partial charge on any atom is -0.478 e. The lowest BCUT2D eigenvalue weighted by atomic mass is 10.2. The van der Waals surface area contributed by atoms with Crippen LogP contribution < -0.4 is 4.90 Å². The predicted octanol–water partition coefficient (Wildman–Crippen LogP) is 2.91. The lowest BCUT2D eigenvalue weighted by Gasteiger charge is -2.23. The fourth-order valence-corrected chi connectivity index (χ4v) is 3.03. The number of aromatic nitrogens is 2. The van der Waals surface area contributed by atoms with Crippen LogP contribution in [0.5, 0.6) is 0 Å². The first kappa shape index (κ1) is 15.3. The number of hydrogen-bond acceptors (Lipinski definition) is 4. The monoisotopic (exact) mass is 305 g/mol. The molecule has 6 heteroatoms. The second kappa shape index (κ2) is 6.58. The summed E-state index contributed by atoms with van der Waals surface area (Å²) in [6, 6.07) is 4.14. The fraction of sp³-hybridized carbons (Fsp3) is 0.333. The van der Waals surface area contributed by atoms with Crippen molar-refractivity contribution in [3.63, 3.8) is 0 Å². The van der Waals surface area contributed by atoms with E-state index >= 15 is 0 Å². The Morgan fingerprint density at radius 3 is 2.90 bits per heavy atom. The molecule has 0 aromatic carbocycles. The van der Waals surface area contributed by atoms with E-state index in [4.69, 9.17) is 5.11 Å². The van der Waals surface area contributed by atoms with Crippen molar-refractivity contribution in [2.45, 2.75) is 20.4 Å². The molecule has 0 amide bonds. The first-order valence-electron chi connectivity index (χ1n) is 6.74. The Balaban J connectivity index is 2.38. The van der Waals surface area contributed by atoms with E-state index in [9.17, 15) is 4.79 Å². The molecule has 0 saturated carbocycles. The molecular weight excluding hydrogens is 286 g/mol. The molecule has 0 unspecified atom stereocenters. The maximum absolute atomic E-state index is 10.8. The number of carboxylic acid groups (broad SMARTS) is 1. The van der Waals surface area contributed by atoms with Gasteiger partial charge in [-0.15, -0.1) is 11.3 Å². The number of carbonyl (C=O) groups is 1. The summed E-state index contributed by atoms with van der Waals surface area (Å²) in [4.78, 5) is 14.2. The largest absolute Gasteiger partial charge is 0.478 e. The highest BCUT2D eigenvalue weighted by Gasteiger charge is 2.17. The van der Waals surface area contributed by atoms with Crippen molar-refractivity contribution < 1.29 is 9.90 Å². The number of carboxylic acids is 1. The molecule has 5 nitrogen and oxygen atoms in total. The Morgan fingerprint density at radius 1 is 1.57 bits per heavy atom. The Morgan fingerprint density at radius 2 is 2.33 bits per heavy atom. The molecule has 21 heavy (non-hydrogen) atoms. The van der Waals surface area contributed by atoms with Gasteiger partial charge in [0.25, 0.3) is 0 Å². The molecule has 0 fully saturated rings. The number of rotatable bonds is 6. The van der Waals surface area contributed by atoms with Crippen LogP contribution in [-0.4, -0.2) is 27.4 Å². The third-order valence-corrected chi connectivity index (χ3v) is 4.10. The summed E-state index contributed by atoms with van der Waals surface area (Å²) < 4.78 is 1.81. The SMILES string of the molecule is CCN(Cc1cccs1)c1c(C=CC(=O)O)c(C)nn1C. The van der Waals surface area contributed by atoms with E-state index in [0.717, 1.165) is 36.2 Å². The smallest absolute Gasteiger partial charge is 0.328 e. The molecule has 112 valence electrons. The Hall–Kier alpha value is -2.08. The topological polar surface area (TPSA) is 58.4 Å². The highest BCUT2D eigenvalue weighted by molar-refractivity contribution is 7.09. The van der Waals surface area contributed by atoms with Crippen molar-refractivity contribution in [2.24, 2.45) is 7.05 Å². The zero-order valence-electron chi connectivity index (χ0n) is 12.4. The molecule has 0 radical (unpaired) electrons. The fourth-order valence-electron chi connectivity index (χ4n) is 2.31. The minimum absolute atomic E-state index is 0.793. The number of hydrogen-bond donors (Lipinski definition) is 1. The first-order chi connectivity index (χ1) is 10.0. The van der Waals surface area contributed by atoms with Gasteiger partial charge in [-0.05, 0) is 31.4 Å². The summed E-state index contributed by atoms with van der Waals surface area (Å²) in [7, 11) is 1.89.